The molecule has 1 unspecified atom stereocenters. The largest absolute Gasteiger partial charge is 0.394 e. The molecule has 0 amide bonds. The Labute approximate surface area is 99.3 Å². The third kappa shape index (κ3) is 4.10. The molecule has 0 saturated heterocycles. The molecule has 1 aromatic rings. The van der Waals surface area contributed by atoms with Crippen LogP contribution in [0.3, 0.4) is 0 Å². The molecule has 0 saturated carbocycles. The van der Waals surface area contributed by atoms with E-state index in [2.05, 4.69) is 10.3 Å². The van der Waals surface area contributed by atoms with Gasteiger partial charge in [0.05, 0.1) is 6.61 Å². The third-order valence-corrected chi connectivity index (χ3v) is 4.58. The van der Waals surface area contributed by atoms with E-state index in [1.165, 1.54) is 0 Å². The van der Waals surface area contributed by atoms with Gasteiger partial charge < -0.3 is 10.4 Å². The minimum absolute atomic E-state index is 0.151. The van der Waals surface area contributed by atoms with Crippen molar-refractivity contribution in [3.63, 3.8) is 0 Å². The molecular weight excluding hydrogens is 228 g/mol. The number of aliphatic hydroxyl groups is 1. The molecule has 0 fully saturated rings. The first-order valence-electron chi connectivity index (χ1n) is 5.00. The lowest BCUT2D eigenvalue weighted by molar-refractivity contribution is 0.194. The van der Waals surface area contributed by atoms with Crippen molar-refractivity contribution in [3.05, 3.63) is 11.1 Å². The van der Waals surface area contributed by atoms with Crippen molar-refractivity contribution in [3.8, 4) is 0 Å². The monoisotopic (exact) mass is 246 g/mol. The SMILES string of the molecule is CCNC(C)(CO)CSc1nc(C)cs1. The number of likely N-dealkylation sites (N-methyl/N-ethyl adjacent to an activating group) is 1. The lowest BCUT2D eigenvalue weighted by Crippen LogP contribution is -2.47. The van der Waals surface area contributed by atoms with Gasteiger partial charge in [0.1, 0.15) is 4.34 Å². The predicted octanol–water partition coefficient (Wildman–Crippen LogP) is 1.90. The number of hydrogen-bond acceptors (Lipinski definition) is 5. The molecule has 0 aliphatic heterocycles. The Morgan fingerprint density at radius 3 is 2.87 bits per heavy atom. The summed E-state index contributed by atoms with van der Waals surface area (Å²) in [4.78, 5) is 4.38. The highest BCUT2D eigenvalue weighted by atomic mass is 32.2. The van der Waals surface area contributed by atoms with E-state index < -0.39 is 0 Å². The highest BCUT2D eigenvalue weighted by Gasteiger charge is 2.22. The average molecular weight is 246 g/mol. The highest BCUT2D eigenvalue weighted by molar-refractivity contribution is 8.01. The standard InChI is InChI=1S/C10H18N2OS2/c1-4-11-10(3,6-13)7-15-9-12-8(2)5-14-9/h5,11,13H,4,6-7H2,1-3H3. The van der Waals surface area contributed by atoms with Crippen LogP contribution in [0.1, 0.15) is 19.5 Å². The summed E-state index contributed by atoms with van der Waals surface area (Å²) >= 11 is 3.36. The zero-order valence-electron chi connectivity index (χ0n) is 9.41. The van der Waals surface area contributed by atoms with Crippen LogP contribution in [0.2, 0.25) is 0 Å². The van der Waals surface area contributed by atoms with Crippen LogP contribution in [-0.2, 0) is 0 Å². The quantitative estimate of drug-likeness (QED) is 0.753. The number of aryl methyl sites for hydroxylation is 1. The molecule has 2 N–H and O–H groups in total. The summed E-state index contributed by atoms with van der Waals surface area (Å²) in [6.45, 7) is 7.10. The van der Waals surface area contributed by atoms with Crippen LogP contribution in [0.4, 0.5) is 0 Å². The Morgan fingerprint density at radius 1 is 1.67 bits per heavy atom. The summed E-state index contributed by atoms with van der Waals surface area (Å²) in [5, 5.41) is 14.6. The molecule has 1 rings (SSSR count). The summed E-state index contributed by atoms with van der Waals surface area (Å²) in [6.07, 6.45) is 0. The second kappa shape index (κ2) is 5.84. The zero-order chi connectivity index (χ0) is 11.3. The van der Waals surface area contributed by atoms with E-state index in [-0.39, 0.29) is 12.1 Å². The zero-order valence-corrected chi connectivity index (χ0v) is 11.0. The van der Waals surface area contributed by atoms with E-state index in [0.717, 1.165) is 22.3 Å². The van der Waals surface area contributed by atoms with Crippen LogP contribution in [0.25, 0.3) is 0 Å². The second-order valence-electron chi connectivity index (χ2n) is 3.79. The van der Waals surface area contributed by atoms with Crippen molar-refractivity contribution in [2.45, 2.75) is 30.6 Å². The summed E-state index contributed by atoms with van der Waals surface area (Å²) in [5.74, 6) is 0.838. The Kier molecular flexibility index (Phi) is 5.05. The van der Waals surface area contributed by atoms with Gasteiger partial charge >= 0.3 is 0 Å². The number of nitrogens with zero attached hydrogens (tertiary/aromatic N) is 1. The van der Waals surface area contributed by atoms with E-state index in [1.807, 2.05) is 26.2 Å². The number of aliphatic hydroxyl groups excluding tert-OH is 1. The first-order valence-corrected chi connectivity index (χ1v) is 6.87. The number of hydrogen-bond donors (Lipinski definition) is 2. The fourth-order valence-corrected chi connectivity index (χ4v) is 3.16. The van der Waals surface area contributed by atoms with Crippen molar-refractivity contribution in [2.24, 2.45) is 0 Å². The molecule has 15 heavy (non-hydrogen) atoms. The molecule has 0 bridgehead atoms. The Bertz CT molecular complexity index is 303. The molecule has 1 heterocycles. The average Bonchev–Trinajstić information content (AvgIpc) is 2.62. The van der Waals surface area contributed by atoms with Gasteiger partial charge in [-0.1, -0.05) is 18.7 Å². The van der Waals surface area contributed by atoms with Crippen molar-refractivity contribution in [1.82, 2.24) is 10.3 Å². The van der Waals surface area contributed by atoms with Gasteiger partial charge in [-0.05, 0) is 20.4 Å². The highest BCUT2D eigenvalue weighted by Crippen LogP contribution is 2.25. The van der Waals surface area contributed by atoms with E-state index >= 15 is 0 Å². The van der Waals surface area contributed by atoms with E-state index in [0.29, 0.717) is 0 Å². The molecule has 0 radical (unpaired) electrons. The molecule has 0 aliphatic rings. The minimum Gasteiger partial charge on any atom is -0.394 e. The van der Waals surface area contributed by atoms with Crippen LogP contribution >= 0.6 is 23.1 Å². The third-order valence-electron chi connectivity index (χ3n) is 2.06. The van der Waals surface area contributed by atoms with Gasteiger partial charge in [-0.25, -0.2) is 4.98 Å². The van der Waals surface area contributed by atoms with Gasteiger partial charge in [0.2, 0.25) is 0 Å². The number of thioether (sulfide) groups is 1. The number of rotatable bonds is 6. The summed E-state index contributed by atoms with van der Waals surface area (Å²) in [6, 6.07) is 0. The van der Waals surface area contributed by atoms with Gasteiger partial charge in [0, 0.05) is 22.4 Å². The number of thiazole rings is 1. The van der Waals surface area contributed by atoms with Crippen LogP contribution in [0, 0.1) is 6.92 Å². The topological polar surface area (TPSA) is 45.1 Å². The fraction of sp³-hybridized carbons (Fsp3) is 0.700. The summed E-state index contributed by atoms with van der Waals surface area (Å²) in [5.41, 5.74) is 0.857. The van der Waals surface area contributed by atoms with Crippen LogP contribution in [0.5, 0.6) is 0 Å². The van der Waals surface area contributed by atoms with Crippen molar-refractivity contribution < 1.29 is 5.11 Å². The lowest BCUT2D eigenvalue weighted by Gasteiger charge is -2.27. The van der Waals surface area contributed by atoms with Crippen molar-refractivity contribution >= 4 is 23.1 Å². The van der Waals surface area contributed by atoms with Crippen LogP contribution in [-0.4, -0.2) is 34.5 Å². The lowest BCUT2D eigenvalue weighted by atomic mass is 10.1. The van der Waals surface area contributed by atoms with E-state index in [1.54, 1.807) is 23.1 Å². The second-order valence-corrected chi connectivity index (χ2v) is 5.87. The minimum atomic E-state index is -0.209. The van der Waals surface area contributed by atoms with Crippen LogP contribution in [0.15, 0.2) is 9.72 Å². The van der Waals surface area contributed by atoms with E-state index in [4.69, 9.17) is 0 Å². The van der Waals surface area contributed by atoms with Crippen molar-refractivity contribution in [2.75, 3.05) is 18.9 Å². The number of nitrogens with one attached hydrogen (secondary N) is 1. The summed E-state index contributed by atoms with van der Waals surface area (Å²) in [7, 11) is 0. The molecule has 5 heteroatoms. The molecule has 0 spiro atoms. The fourth-order valence-electron chi connectivity index (χ4n) is 1.20. The molecule has 1 aromatic heterocycles. The van der Waals surface area contributed by atoms with Gasteiger partial charge in [0.25, 0.3) is 0 Å². The van der Waals surface area contributed by atoms with Gasteiger partial charge in [0.15, 0.2) is 0 Å². The smallest absolute Gasteiger partial charge is 0.150 e. The van der Waals surface area contributed by atoms with Crippen molar-refractivity contribution in [1.29, 1.82) is 0 Å². The maximum atomic E-state index is 9.31. The van der Waals surface area contributed by atoms with Crippen LogP contribution < -0.4 is 5.32 Å². The first kappa shape index (κ1) is 13.0. The van der Waals surface area contributed by atoms with Gasteiger partial charge in [-0.3, -0.25) is 0 Å². The summed E-state index contributed by atoms with van der Waals surface area (Å²) < 4.78 is 1.07. The maximum absolute atomic E-state index is 9.31. The Balaban J connectivity index is 2.47. The Hall–Kier alpha value is -0.100. The molecule has 86 valence electrons. The molecule has 0 aromatic carbocycles. The molecule has 1 atom stereocenters. The molecule has 0 aliphatic carbocycles. The maximum Gasteiger partial charge on any atom is 0.150 e. The van der Waals surface area contributed by atoms with Gasteiger partial charge in [-0.2, -0.15) is 0 Å². The Morgan fingerprint density at radius 2 is 2.40 bits per heavy atom. The van der Waals surface area contributed by atoms with E-state index in [9.17, 15) is 5.11 Å². The normalized spacial score (nSPS) is 15.2. The predicted molar refractivity (Wildman–Crippen MR) is 66.7 cm³/mol. The molecule has 3 nitrogen and oxygen atoms in total. The first-order chi connectivity index (χ1) is 7.09. The molecular formula is C10H18N2OS2. The van der Waals surface area contributed by atoms with Gasteiger partial charge in [-0.15, -0.1) is 11.3 Å². The number of aromatic nitrogens is 1.